The molecule has 0 aromatic carbocycles. The Morgan fingerprint density at radius 2 is 2.55 bits per heavy atom. The van der Waals surface area contributed by atoms with Crippen LogP contribution in [-0.4, -0.2) is 21.3 Å². The van der Waals surface area contributed by atoms with Gasteiger partial charge in [0.15, 0.2) is 5.82 Å². The molecule has 4 nitrogen and oxygen atoms in total. The second kappa shape index (κ2) is 2.78. The van der Waals surface area contributed by atoms with Gasteiger partial charge in [-0.15, -0.1) is 9.24 Å². The van der Waals surface area contributed by atoms with E-state index < -0.39 is 0 Å². The average Bonchev–Trinajstić information content (AvgIpc) is 2.46. The Hall–Kier alpha value is -0.630. The van der Waals surface area contributed by atoms with E-state index in [1.54, 1.807) is 0 Å². The maximum absolute atomic E-state index is 4.29. The highest BCUT2D eigenvalue weighted by Crippen LogP contribution is 2.11. The summed E-state index contributed by atoms with van der Waals surface area (Å²) >= 11 is 0. The first-order valence-corrected chi connectivity index (χ1v) is 4.59. The second-order valence-electron chi connectivity index (χ2n) is 2.56. The zero-order valence-corrected chi connectivity index (χ0v) is 7.40. The molecule has 60 valence electrons. The highest BCUT2D eigenvalue weighted by molar-refractivity contribution is 7.15. The smallest absolute Gasteiger partial charge is 0.221 e. The van der Waals surface area contributed by atoms with Gasteiger partial charge in [0, 0.05) is 19.3 Å². The van der Waals surface area contributed by atoms with Crippen LogP contribution in [-0.2, 0) is 12.7 Å². The van der Waals surface area contributed by atoms with Crippen LogP contribution < -0.4 is 5.32 Å². The number of anilines is 1. The van der Waals surface area contributed by atoms with Gasteiger partial charge in [0.25, 0.3) is 0 Å². The predicted octanol–water partition coefficient (Wildman–Crippen LogP) is 0.469. The fourth-order valence-electron chi connectivity index (χ4n) is 1.19. The zero-order chi connectivity index (χ0) is 7.68. The fourth-order valence-corrected chi connectivity index (χ4v) is 1.36. The number of nitrogens with one attached hydrogen (secondary N) is 1. The van der Waals surface area contributed by atoms with Crippen LogP contribution in [0.25, 0.3) is 0 Å². The van der Waals surface area contributed by atoms with Crippen LogP contribution in [0.1, 0.15) is 12.2 Å². The molecule has 0 aliphatic carbocycles. The molecule has 0 saturated carbocycles. The van der Waals surface area contributed by atoms with Gasteiger partial charge in [-0.05, 0) is 6.42 Å². The number of hydrogen-bond donors (Lipinski definition) is 1. The molecule has 0 radical (unpaired) electrons. The van der Waals surface area contributed by atoms with Gasteiger partial charge in [-0.25, -0.2) is 4.68 Å². The van der Waals surface area contributed by atoms with E-state index in [0.717, 1.165) is 37.4 Å². The first-order valence-electron chi connectivity index (χ1n) is 3.78. The summed E-state index contributed by atoms with van der Waals surface area (Å²) in [7, 11) is 2.62. The van der Waals surface area contributed by atoms with Crippen molar-refractivity contribution in [2.24, 2.45) is 0 Å². The summed E-state index contributed by atoms with van der Waals surface area (Å²) in [5.74, 6) is 1.83. The van der Waals surface area contributed by atoms with Crippen LogP contribution in [0.2, 0.25) is 0 Å². The van der Waals surface area contributed by atoms with E-state index in [-0.39, 0.29) is 0 Å². The standard InChI is InChI=1S/C6H11N4P/c11-4-5-8-6-7-2-1-3-10(6)9-5/h1-4,11H2,(H,7,8,9). The number of hydrogen-bond acceptors (Lipinski definition) is 3. The Labute approximate surface area is 67.6 Å². The first kappa shape index (κ1) is 7.04. The summed E-state index contributed by atoms with van der Waals surface area (Å²) < 4.78 is 1.93. The molecule has 0 amide bonds. The lowest BCUT2D eigenvalue weighted by molar-refractivity contribution is 0.562. The van der Waals surface area contributed by atoms with Gasteiger partial charge in [-0.3, -0.25) is 0 Å². The van der Waals surface area contributed by atoms with Crippen LogP contribution in [0, 0.1) is 0 Å². The molecular weight excluding hydrogens is 159 g/mol. The maximum atomic E-state index is 4.29. The molecule has 2 heterocycles. The minimum atomic E-state index is 0.835. The fraction of sp³-hybridized carbons (Fsp3) is 0.667. The molecule has 1 aliphatic heterocycles. The van der Waals surface area contributed by atoms with Gasteiger partial charge in [0.1, 0.15) is 0 Å². The Morgan fingerprint density at radius 3 is 3.27 bits per heavy atom. The third kappa shape index (κ3) is 1.23. The van der Waals surface area contributed by atoms with Gasteiger partial charge < -0.3 is 5.32 Å². The van der Waals surface area contributed by atoms with E-state index in [1.165, 1.54) is 0 Å². The molecule has 1 aromatic rings. The molecule has 1 N–H and O–H groups in total. The van der Waals surface area contributed by atoms with Gasteiger partial charge in [0.05, 0.1) is 0 Å². The largest absolute Gasteiger partial charge is 0.354 e. The molecule has 0 saturated heterocycles. The summed E-state index contributed by atoms with van der Waals surface area (Å²) in [4.78, 5) is 4.29. The van der Waals surface area contributed by atoms with Crippen molar-refractivity contribution in [3.63, 3.8) is 0 Å². The number of aryl methyl sites for hydroxylation is 1. The lowest BCUT2D eigenvalue weighted by Crippen LogP contribution is -2.17. The third-order valence-corrected chi connectivity index (χ3v) is 2.09. The van der Waals surface area contributed by atoms with E-state index in [2.05, 4.69) is 24.6 Å². The summed E-state index contributed by atoms with van der Waals surface area (Å²) in [6, 6.07) is 0. The van der Waals surface area contributed by atoms with E-state index in [0.29, 0.717) is 0 Å². The van der Waals surface area contributed by atoms with Crippen molar-refractivity contribution >= 4 is 15.2 Å². The predicted molar refractivity (Wildman–Crippen MR) is 46.5 cm³/mol. The molecule has 5 heteroatoms. The average molecular weight is 170 g/mol. The van der Waals surface area contributed by atoms with Crippen LogP contribution in [0.5, 0.6) is 0 Å². The Morgan fingerprint density at radius 1 is 1.64 bits per heavy atom. The van der Waals surface area contributed by atoms with Crippen LogP contribution in [0.15, 0.2) is 0 Å². The number of nitrogens with zero attached hydrogens (tertiary/aromatic N) is 3. The van der Waals surface area contributed by atoms with Crippen LogP contribution in [0.4, 0.5) is 5.95 Å². The molecule has 1 unspecified atom stereocenters. The lowest BCUT2D eigenvalue weighted by Gasteiger charge is -2.12. The van der Waals surface area contributed by atoms with Gasteiger partial charge >= 0.3 is 0 Å². The van der Waals surface area contributed by atoms with E-state index in [1.807, 2.05) is 4.68 Å². The van der Waals surface area contributed by atoms with E-state index in [4.69, 9.17) is 0 Å². The first-order chi connectivity index (χ1) is 5.40. The van der Waals surface area contributed by atoms with E-state index in [9.17, 15) is 0 Å². The van der Waals surface area contributed by atoms with Crippen molar-refractivity contribution in [2.45, 2.75) is 19.1 Å². The highest BCUT2D eigenvalue weighted by Gasteiger charge is 2.11. The number of aromatic nitrogens is 3. The van der Waals surface area contributed by atoms with Crippen molar-refractivity contribution in [2.75, 3.05) is 11.9 Å². The van der Waals surface area contributed by atoms with Gasteiger partial charge in [-0.1, -0.05) is 0 Å². The van der Waals surface area contributed by atoms with Gasteiger partial charge in [0.2, 0.25) is 5.95 Å². The molecule has 2 rings (SSSR count). The second-order valence-corrected chi connectivity index (χ2v) is 2.97. The summed E-state index contributed by atoms with van der Waals surface area (Å²) in [5, 5.41) is 7.49. The molecule has 1 aliphatic rings. The Balaban J connectivity index is 2.32. The third-order valence-electron chi connectivity index (χ3n) is 1.73. The van der Waals surface area contributed by atoms with Crippen molar-refractivity contribution in [1.29, 1.82) is 0 Å². The molecule has 1 aromatic heterocycles. The van der Waals surface area contributed by atoms with Crippen molar-refractivity contribution in [3.05, 3.63) is 5.82 Å². The maximum Gasteiger partial charge on any atom is 0.221 e. The minimum absolute atomic E-state index is 0.835. The Kier molecular flexibility index (Phi) is 1.78. The monoisotopic (exact) mass is 170 g/mol. The zero-order valence-electron chi connectivity index (χ0n) is 6.25. The van der Waals surface area contributed by atoms with E-state index >= 15 is 0 Å². The minimum Gasteiger partial charge on any atom is -0.354 e. The topological polar surface area (TPSA) is 42.7 Å². The molecular formula is C6H11N4P. The van der Waals surface area contributed by atoms with Crippen LogP contribution >= 0.6 is 9.24 Å². The van der Waals surface area contributed by atoms with Crippen molar-refractivity contribution < 1.29 is 0 Å². The number of rotatable bonds is 1. The highest BCUT2D eigenvalue weighted by atomic mass is 31.0. The number of fused-ring (bicyclic) bond motifs is 1. The normalized spacial score (nSPS) is 15.7. The molecule has 0 fully saturated rings. The van der Waals surface area contributed by atoms with Gasteiger partial charge in [-0.2, -0.15) is 10.1 Å². The van der Waals surface area contributed by atoms with Crippen molar-refractivity contribution in [1.82, 2.24) is 14.8 Å². The molecule has 0 bridgehead atoms. The molecule has 1 atom stereocenters. The lowest BCUT2D eigenvalue weighted by atomic mass is 10.4. The Bertz CT molecular complexity index is 234. The SMILES string of the molecule is PCc1nc2n(n1)CCCN2. The quantitative estimate of drug-likeness (QED) is 0.623. The molecule has 0 spiro atoms. The van der Waals surface area contributed by atoms with Crippen LogP contribution in [0.3, 0.4) is 0 Å². The molecule has 11 heavy (non-hydrogen) atoms. The summed E-state index contributed by atoms with van der Waals surface area (Å²) in [6.07, 6.45) is 1.98. The summed E-state index contributed by atoms with van der Waals surface area (Å²) in [6.45, 7) is 2.02. The van der Waals surface area contributed by atoms with Crippen molar-refractivity contribution in [3.8, 4) is 0 Å². The summed E-state index contributed by atoms with van der Waals surface area (Å²) in [5.41, 5.74) is 0.